The Morgan fingerprint density at radius 2 is 0.966 bits per heavy atom. The molecule has 119 heavy (non-hydrogen) atoms. The molecule has 2 fully saturated rings. The van der Waals surface area contributed by atoms with Crippen molar-refractivity contribution in [1.29, 1.82) is 0 Å². The number of aliphatic hydroxyl groups excluding tert-OH is 2. The van der Waals surface area contributed by atoms with Crippen molar-refractivity contribution in [2.45, 2.75) is 235 Å². The van der Waals surface area contributed by atoms with Crippen molar-refractivity contribution >= 4 is 167 Å². The number of hydrogen-bond acceptors (Lipinski definition) is 30. The first-order valence-corrected chi connectivity index (χ1v) is 45.9. The number of halogens is 7. The molecule has 4 aliphatic carbocycles. The van der Waals surface area contributed by atoms with Gasteiger partial charge in [-0.3, -0.25) is 43.2 Å². The maximum absolute atomic E-state index is 13.8. The maximum atomic E-state index is 13.8. The minimum absolute atomic E-state index is 0.0117. The second kappa shape index (κ2) is 46.3. The number of likely N-dealkylation sites (N-methyl/N-ethyl adjacent to an activating group) is 2. The average molecular weight is 1990 g/mol. The molecule has 2 aliphatic heterocycles. The van der Waals surface area contributed by atoms with E-state index in [-0.39, 0.29) is 121 Å². The molecule has 6 aliphatic rings. The van der Waals surface area contributed by atoms with E-state index in [1.54, 1.807) is 27.9 Å². The van der Waals surface area contributed by atoms with Crippen LogP contribution in [0.2, 0.25) is 0 Å². The minimum atomic E-state index is -2.17. The topological polar surface area (TPSA) is 519 Å². The Bertz CT molecular complexity index is 4220. The predicted octanol–water partition coefficient (Wildman–Crippen LogP) is 9.68. The van der Waals surface area contributed by atoms with Crippen LogP contribution in [0.4, 0.5) is 0 Å². The first-order chi connectivity index (χ1) is 55.2. The lowest BCUT2D eigenvalue weighted by atomic mass is 9.72. The van der Waals surface area contributed by atoms with E-state index in [9.17, 15) is 89.1 Å². The summed E-state index contributed by atoms with van der Waals surface area (Å²) in [5, 5.41) is 106. The first-order valence-electron chi connectivity index (χ1n) is 37.8. The average Bonchev–Trinajstić information content (AvgIpc) is 0.714. The van der Waals surface area contributed by atoms with Gasteiger partial charge in [-0.15, -0.1) is 0 Å². The molecular formula is C80H113Br3Cl4N6O24S2. The van der Waals surface area contributed by atoms with Crippen molar-refractivity contribution in [1.82, 2.24) is 10.6 Å². The van der Waals surface area contributed by atoms with E-state index >= 15 is 0 Å². The molecule has 19 N–H and O–H groups in total. The van der Waals surface area contributed by atoms with Gasteiger partial charge in [0, 0.05) is 124 Å². The number of methoxy groups -OCH3 is 2. The van der Waals surface area contributed by atoms with Crippen molar-refractivity contribution in [3.8, 4) is 34.5 Å². The van der Waals surface area contributed by atoms with Crippen molar-refractivity contribution < 1.29 is 118 Å². The van der Waals surface area contributed by atoms with Crippen LogP contribution in [0.15, 0.2) is 36.4 Å². The fourth-order valence-electron chi connectivity index (χ4n) is 14.4. The van der Waals surface area contributed by atoms with Crippen molar-refractivity contribution in [2.24, 2.45) is 33.8 Å². The molecule has 0 radical (unpaired) electrons. The number of ether oxygens (including phenoxy) is 6. The smallest absolute Gasteiger partial charge is 0.266 e. The number of nitrogens with one attached hydrogen (secondary N) is 2. The lowest BCUT2D eigenvalue weighted by molar-refractivity contribution is -0.247. The van der Waals surface area contributed by atoms with Crippen LogP contribution >= 0.6 is 115 Å². The van der Waals surface area contributed by atoms with E-state index in [1.165, 1.54) is 57.5 Å². The summed E-state index contributed by atoms with van der Waals surface area (Å²) in [5.74, 6) is -7.38. The van der Waals surface area contributed by atoms with Gasteiger partial charge < -0.3 is 108 Å². The number of carbonyl (C=O) groups excluding carboxylic acids is 9. The number of benzene rings is 4. The Hall–Kier alpha value is -4.91. The van der Waals surface area contributed by atoms with Crippen LogP contribution in [0.5, 0.6) is 34.5 Å². The molecule has 0 spiro atoms. The van der Waals surface area contributed by atoms with Crippen LogP contribution in [0, 0.1) is 10.8 Å². The molecule has 30 nitrogen and oxygen atoms in total. The zero-order valence-electron chi connectivity index (χ0n) is 69.3. The largest absolute Gasteiger partial charge is 0.507 e. The summed E-state index contributed by atoms with van der Waals surface area (Å²) in [6.07, 6.45) is -8.60. The van der Waals surface area contributed by atoms with E-state index in [1.807, 2.05) is 69.2 Å². The number of aliphatic hydroxyl groups is 5. The monoisotopic (exact) mass is 1980 g/mol. The number of rotatable bonds is 21. The minimum Gasteiger partial charge on any atom is -0.507 e. The zero-order chi connectivity index (χ0) is 91.6. The van der Waals surface area contributed by atoms with Gasteiger partial charge in [0.1, 0.15) is 51.3 Å². The predicted molar refractivity (Wildman–Crippen MR) is 469 cm³/mol. The lowest BCUT2D eigenvalue weighted by Gasteiger charge is -2.42. The van der Waals surface area contributed by atoms with E-state index < -0.39 is 193 Å². The Morgan fingerprint density at radius 3 is 1.26 bits per heavy atom. The summed E-state index contributed by atoms with van der Waals surface area (Å²) in [4.78, 5) is 114. The van der Waals surface area contributed by atoms with Crippen LogP contribution in [-0.2, 0) is 55.8 Å². The number of carbonyl (C=O) groups is 9. The number of fused-ring (bicyclic) bond motifs is 6. The summed E-state index contributed by atoms with van der Waals surface area (Å²) >= 11 is 32.9. The number of hydrogen-bond donors (Lipinski definition) is 16. The van der Waals surface area contributed by atoms with Gasteiger partial charge in [-0.25, -0.2) is 0 Å². The van der Waals surface area contributed by atoms with E-state index in [0.717, 1.165) is 11.8 Å². The number of amides is 2. The summed E-state index contributed by atoms with van der Waals surface area (Å²) in [5.41, 5.74) is 14.5. The van der Waals surface area contributed by atoms with Gasteiger partial charge in [0.25, 0.3) is 3.25 Å². The Morgan fingerprint density at radius 1 is 0.622 bits per heavy atom. The summed E-state index contributed by atoms with van der Waals surface area (Å²) in [6, 6.07) is 6.37. The Balaban J connectivity index is 0.000000446. The third-order valence-corrected chi connectivity index (χ3v) is 21.7. The number of thioether (sulfide) groups is 1. The normalized spacial score (nSPS) is 23.8. The molecule has 4 aromatic rings. The van der Waals surface area contributed by atoms with Crippen LogP contribution in [0.3, 0.4) is 0 Å². The first kappa shape index (κ1) is 108. The van der Waals surface area contributed by atoms with E-state index in [0.29, 0.717) is 18.6 Å². The number of primary amides is 2. The van der Waals surface area contributed by atoms with Gasteiger partial charge in [-0.05, 0) is 70.7 Å². The third-order valence-electron chi connectivity index (χ3n) is 19.8. The molecule has 8 unspecified atom stereocenters. The highest BCUT2D eigenvalue weighted by molar-refractivity contribution is 9.93. The second-order valence-electron chi connectivity index (χ2n) is 30.8. The van der Waals surface area contributed by atoms with Gasteiger partial charge in [-0.2, -0.15) is 24.4 Å². The molecule has 0 bridgehead atoms. The molecule has 4 aromatic carbocycles. The van der Waals surface area contributed by atoms with Crippen molar-refractivity contribution in [3.63, 3.8) is 0 Å². The molecule has 668 valence electrons. The number of aromatic hydroxyl groups is 4. The fraction of sp³-hybridized carbons (Fsp3) is 0.588. The molecule has 2 saturated heterocycles. The molecule has 0 aromatic heterocycles. The summed E-state index contributed by atoms with van der Waals surface area (Å²) in [7, 11) is 5.88. The van der Waals surface area contributed by atoms with Gasteiger partial charge in [-0.1, -0.05) is 156 Å². The third kappa shape index (κ3) is 27.1. The van der Waals surface area contributed by atoms with Crippen LogP contribution in [0.1, 0.15) is 227 Å². The Kier molecular flexibility index (Phi) is 42.2. The van der Waals surface area contributed by atoms with Crippen LogP contribution in [0.25, 0.3) is 0 Å². The van der Waals surface area contributed by atoms with Gasteiger partial charge in [0.2, 0.25) is 23.4 Å². The van der Waals surface area contributed by atoms with Crippen molar-refractivity contribution in [2.75, 3.05) is 50.9 Å². The van der Waals surface area contributed by atoms with Gasteiger partial charge in [0.15, 0.2) is 41.5 Å². The highest BCUT2D eigenvalue weighted by Crippen LogP contribution is 2.55. The van der Waals surface area contributed by atoms with Gasteiger partial charge in [0.05, 0.1) is 107 Å². The number of phenols is 4. The lowest BCUT2D eigenvalue weighted by Crippen LogP contribution is -2.53. The van der Waals surface area contributed by atoms with Crippen LogP contribution < -0.4 is 43.0 Å². The fourth-order valence-corrected chi connectivity index (χ4v) is 16.5. The molecule has 39 heteroatoms. The standard InChI is InChI=1S/C31H37N3O11S.C27H29NO10.C13H25BrO2.C4H10N2OS.2C2H6.CCl4.Br2/c1-12-25(36)15(32)7-20(44-12)45-18-9-31(42,19(35)11-46-10-16(34-2)30(33)41)8-14-22(18)29(40)24-23(27(14)38)26(37)13-5-4-6-17(43-3)21(13)28(24)39;1-10-22(30)14(28)7-17(37-10)38-16-9-27(35,11(2)29)8-13-19(16)26(34)21-20(24(13)32)23(31)12-5-4-6-15(36-3)18(12)25(21)33;1-11(2,3)8-13(16,10(15)7-14)9-12(4,5)6;1-6-3(2-8)4(5)7;2*1-2;2-1(3,4)5;1-2/h4-6,12,15-16,18,20,25,34,36,38,40,42H,7-11,32H2,1-3H3,(H2,33,41);4-6,10,14,16-17,22,30,32,34-35H,7-9,28H2,1-3H3;16H,7-9H2,1-6H3;3,6,8H,2H2,1H3,(H2,5,7);2*1-2H3;;/t12?,15?,16-,18-,20?,25?,31-;10?,14?,16-,17?,22?,27-;;3-;;;;/m00.0..../s1. The summed E-state index contributed by atoms with van der Waals surface area (Å²) < 4.78 is 32.7. The second-order valence-corrected chi connectivity index (χ2v) is 36.2. The molecule has 10 rings (SSSR count). The Labute approximate surface area is 746 Å². The molecule has 14 atom stereocenters. The molecule has 0 saturated carbocycles. The highest BCUT2D eigenvalue weighted by atomic mass is 80.9. The van der Waals surface area contributed by atoms with Crippen LogP contribution in [-0.4, -0.2) is 230 Å². The van der Waals surface area contributed by atoms with E-state index in [2.05, 4.69) is 67.4 Å². The molecule has 2 heterocycles. The number of alkyl halides is 5. The van der Waals surface area contributed by atoms with E-state index in [4.69, 9.17) is 97.8 Å². The van der Waals surface area contributed by atoms with Gasteiger partial charge >= 0.3 is 0 Å². The quantitative estimate of drug-likeness (QED) is 0.0181. The number of thiol groups is 1. The highest BCUT2D eigenvalue weighted by Gasteiger charge is 2.53. The SMILES string of the molecule is BrBr.CC.CC.CC(C)(C)CC(O)(CC(C)(C)C)C(=O)CBr.CN[C@@H](CS)C(N)=O.CN[C@@H](CSCC(=O)[C@]1(O)Cc2c(O)c3c(c(O)c2[C@@H](OC2CC(N)C(O)C(C)O2)C1)C(=O)c1c(OC)cccc1C3=O)C(N)=O.COc1cccc2c1C(=O)c1c(O)c3c(c(O)c1C2=O)C[C@@](O)(C(C)=O)C[C@@H]3OC1CC(N)C(O)C(C)O1.ClC(Cl)(Cl)Cl. The number of phenolic OH excluding ortho intramolecular Hbond substituents is 4. The number of Topliss-reactive ketones (excluding diaryl/α,β-unsaturated/α-hetero) is 3. The summed E-state index contributed by atoms with van der Waals surface area (Å²) in [6.45, 7) is 24.6. The molecular weight excluding hydrogens is 1870 g/mol. The number of ketones is 7. The molecule has 2 amide bonds. The number of nitrogens with two attached hydrogens (primary N) is 4. The maximum Gasteiger partial charge on any atom is 0.266 e. The zero-order valence-corrected chi connectivity index (χ0v) is 78.8. The van der Waals surface area contributed by atoms with Crippen molar-refractivity contribution in [3.05, 3.63) is 103 Å².